The third-order valence-corrected chi connectivity index (χ3v) is 2.85. The molecule has 0 fully saturated rings. The monoisotopic (exact) mass is 263 g/mol. The first-order chi connectivity index (χ1) is 8.93. The second-order valence-corrected chi connectivity index (χ2v) is 4.68. The number of hydrogen-bond acceptors (Lipinski definition) is 3. The lowest BCUT2D eigenvalue weighted by Crippen LogP contribution is -2.22. The molecule has 0 radical (unpaired) electrons. The lowest BCUT2D eigenvalue weighted by Gasteiger charge is -2.13. The van der Waals surface area contributed by atoms with Crippen molar-refractivity contribution in [1.82, 2.24) is 0 Å². The van der Waals surface area contributed by atoms with Gasteiger partial charge in [0.05, 0.1) is 0 Å². The van der Waals surface area contributed by atoms with Crippen molar-refractivity contribution in [3.05, 3.63) is 23.8 Å². The molecule has 5 heteroatoms. The molecule has 0 heterocycles. The number of hydrogen-bond donors (Lipinski definition) is 3. The zero-order valence-corrected chi connectivity index (χ0v) is 11.6. The third kappa shape index (κ3) is 4.71. The summed E-state index contributed by atoms with van der Waals surface area (Å²) < 4.78 is 0. The second kappa shape index (κ2) is 6.89. The van der Waals surface area contributed by atoms with E-state index < -0.39 is 0 Å². The average Bonchev–Trinajstić information content (AvgIpc) is 2.32. The van der Waals surface area contributed by atoms with Gasteiger partial charge in [0.25, 0.3) is 0 Å². The van der Waals surface area contributed by atoms with Crippen LogP contribution < -0.4 is 16.4 Å². The Morgan fingerprint density at radius 1 is 1.32 bits per heavy atom. The molecular formula is C14H21N3O2. The van der Waals surface area contributed by atoms with Crippen molar-refractivity contribution in [1.29, 1.82) is 0 Å². The van der Waals surface area contributed by atoms with Gasteiger partial charge in [-0.1, -0.05) is 6.92 Å². The number of amides is 2. The summed E-state index contributed by atoms with van der Waals surface area (Å²) >= 11 is 0. The Hall–Kier alpha value is -1.88. The highest BCUT2D eigenvalue weighted by Crippen LogP contribution is 2.20. The summed E-state index contributed by atoms with van der Waals surface area (Å²) in [6.45, 7) is 5.68. The van der Waals surface area contributed by atoms with Gasteiger partial charge in [-0.2, -0.15) is 0 Å². The predicted octanol–water partition coefficient (Wildman–Crippen LogP) is 1.88. The molecule has 1 atom stereocenters. The minimum atomic E-state index is -0.114. The maximum Gasteiger partial charge on any atom is 0.227 e. The quantitative estimate of drug-likeness (QED) is 0.758. The highest BCUT2D eigenvalue weighted by Gasteiger charge is 2.12. The summed E-state index contributed by atoms with van der Waals surface area (Å²) in [4.78, 5) is 22.8. The molecule has 0 aliphatic heterocycles. The van der Waals surface area contributed by atoms with Gasteiger partial charge in [-0.05, 0) is 43.7 Å². The average molecular weight is 263 g/mol. The van der Waals surface area contributed by atoms with Crippen LogP contribution in [0.2, 0.25) is 0 Å². The number of anilines is 2. The van der Waals surface area contributed by atoms with Gasteiger partial charge in [-0.15, -0.1) is 0 Å². The van der Waals surface area contributed by atoms with Gasteiger partial charge in [0, 0.05) is 24.2 Å². The number of carbonyl (C=O) groups is 2. The van der Waals surface area contributed by atoms with Crippen LogP contribution in [0.3, 0.4) is 0 Å². The van der Waals surface area contributed by atoms with Gasteiger partial charge in [0.2, 0.25) is 11.8 Å². The molecule has 0 saturated heterocycles. The summed E-state index contributed by atoms with van der Waals surface area (Å²) in [5.41, 5.74) is 7.81. The zero-order valence-electron chi connectivity index (χ0n) is 11.6. The fraction of sp³-hybridized carbons (Fsp3) is 0.429. The topological polar surface area (TPSA) is 84.2 Å². The molecule has 2 amide bonds. The summed E-state index contributed by atoms with van der Waals surface area (Å²) in [5, 5.41) is 5.57. The van der Waals surface area contributed by atoms with Crippen LogP contribution in [0, 0.1) is 12.8 Å². The van der Waals surface area contributed by atoms with E-state index in [1.54, 1.807) is 12.1 Å². The van der Waals surface area contributed by atoms with Crippen LogP contribution >= 0.6 is 0 Å². The molecule has 19 heavy (non-hydrogen) atoms. The largest absolute Gasteiger partial charge is 0.330 e. The molecule has 0 saturated carbocycles. The molecule has 0 spiro atoms. The van der Waals surface area contributed by atoms with Crippen molar-refractivity contribution in [3.8, 4) is 0 Å². The lowest BCUT2D eigenvalue weighted by molar-refractivity contribution is -0.119. The van der Waals surface area contributed by atoms with E-state index in [-0.39, 0.29) is 17.7 Å². The molecule has 0 bridgehead atoms. The minimum Gasteiger partial charge on any atom is -0.330 e. The van der Waals surface area contributed by atoms with Crippen LogP contribution in [-0.2, 0) is 9.59 Å². The van der Waals surface area contributed by atoms with E-state index in [0.29, 0.717) is 13.0 Å². The smallest absolute Gasteiger partial charge is 0.227 e. The van der Waals surface area contributed by atoms with Gasteiger partial charge >= 0.3 is 0 Å². The molecule has 5 nitrogen and oxygen atoms in total. The van der Waals surface area contributed by atoms with Crippen LogP contribution in [0.4, 0.5) is 11.4 Å². The highest BCUT2D eigenvalue weighted by atomic mass is 16.2. The fourth-order valence-electron chi connectivity index (χ4n) is 1.72. The van der Waals surface area contributed by atoms with Crippen molar-refractivity contribution < 1.29 is 9.59 Å². The van der Waals surface area contributed by atoms with E-state index in [0.717, 1.165) is 16.9 Å². The van der Waals surface area contributed by atoms with Gasteiger partial charge in [0.15, 0.2) is 0 Å². The summed E-state index contributed by atoms with van der Waals surface area (Å²) in [6, 6.07) is 5.38. The van der Waals surface area contributed by atoms with Crippen molar-refractivity contribution in [2.75, 3.05) is 17.2 Å². The summed E-state index contributed by atoms with van der Waals surface area (Å²) in [7, 11) is 0. The van der Waals surface area contributed by atoms with Gasteiger partial charge in [-0.25, -0.2) is 0 Å². The molecule has 1 aromatic carbocycles. The molecule has 0 aromatic heterocycles. The number of nitrogens with one attached hydrogen (secondary N) is 2. The molecule has 4 N–H and O–H groups in total. The number of benzene rings is 1. The van der Waals surface area contributed by atoms with Gasteiger partial charge < -0.3 is 16.4 Å². The summed E-state index contributed by atoms with van der Waals surface area (Å²) in [5.74, 6) is -0.270. The third-order valence-electron chi connectivity index (χ3n) is 2.85. The summed E-state index contributed by atoms with van der Waals surface area (Å²) in [6.07, 6.45) is 0.661. The molecule has 0 aliphatic carbocycles. The Balaban J connectivity index is 2.73. The Morgan fingerprint density at radius 3 is 2.53 bits per heavy atom. The number of rotatable bonds is 5. The van der Waals surface area contributed by atoms with E-state index >= 15 is 0 Å². The van der Waals surface area contributed by atoms with Gasteiger partial charge in [0.1, 0.15) is 0 Å². The van der Waals surface area contributed by atoms with E-state index in [1.165, 1.54) is 6.92 Å². The highest BCUT2D eigenvalue weighted by molar-refractivity contribution is 5.93. The Bertz CT molecular complexity index is 472. The van der Waals surface area contributed by atoms with E-state index in [2.05, 4.69) is 10.6 Å². The van der Waals surface area contributed by atoms with Crippen molar-refractivity contribution in [2.24, 2.45) is 11.7 Å². The van der Waals surface area contributed by atoms with Crippen LogP contribution in [0.5, 0.6) is 0 Å². The van der Waals surface area contributed by atoms with Crippen LogP contribution in [0.25, 0.3) is 0 Å². The Morgan fingerprint density at radius 2 is 2.00 bits per heavy atom. The molecular weight excluding hydrogens is 242 g/mol. The molecule has 104 valence electrons. The lowest BCUT2D eigenvalue weighted by atomic mass is 10.1. The Kier molecular flexibility index (Phi) is 5.51. The molecule has 1 unspecified atom stereocenters. The number of nitrogens with two attached hydrogens (primary N) is 1. The number of carbonyl (C=O) groups excluding carboxylic acids is 2. The minimum absolute atomic E-state index is 0.0443. The normalized spacial score (nSPS) is 11.8. The van der Waals surface area contributed by atoms with E-state index in [1.807, 2.05) is 19.9 Å². The first-order valence-electron chi connectivity index (χ1n) is 6.33. The second-order valence-electron chi connectivity index (χ2n) is 4.68. The first-order valence-corrected chi connectivity index (χ1v) is 6.33. The Labute approximate surface area is 113 Å². The van der Waals surface area contributed by atoms with Crippen molar-refractivity contribution in [2.45, 2.75) is 27.2 Å². The maximum atomic E-state index is 11.8. The van der Waals surface area contributed by atoms with Crippen LogP contribution in [0.1, 0.15) is 25.8 Å². The van der Waals surface area contributed by atoms with Crippen LogP contribution in [0.15, 0.2) is 18.2 Å². The van der Waals surface area contributed by atoms with E-state index in [4.69, 9.17) is 5.73 Å². The fourth-order valence-corrected chi connectivity index (χ4v) is 1.72. The number of aryl methyl sites for hydroxylation is 1. The van der Waals surface area contributed by atoms with Crippen molar-refractivity contribution >= 4 is 23.2 Å². The van der Waals surface area contributed by atoms with Gasteiger partial charge in [-0.3, -0.25) is 9.59 Å². The van der Waals surface area contributed by atoms with Crippen LogP contribution in [-0.4, -0.2) is 18.4 Å². The standard InChI is InChI=1S/C14H21N3O2/c1-9(6-7-15)14(19)17-12-4-5-13(10(2)8-12)16-11(3)18/h4-5,8-9H,6-7,15H2,1-3H3,(H,16,18)(H,17,19). The zero-order chi connectivity index (χ0) is 14.4. The van der Waals surface area contributed by atoms with Crippen molar-refractivity contribution in [3.63, 3.8) is 0 Å². The maximum absolute atomic E-state index is 11.8. The molecule has 1 aromatic rings. The predicted molar refractivity (Wildman–Crippen MR) is 76.9 cm³/mol. The SMILES string of the molecule is CC(=O)Nc1ccc(NC(=O)C(C)CCN)cc1C. The first kappa shape index (κ1) is 15.2. The molecule has 1 rings (SSSR count). The molecule has 0 aliphatic rings. The van der Waals surface area contributed by atoms with E-state index in [9.17, 15) is 9.59 Å².